The van der Waals surface area contributed by atoms with E-state index < -0.39 is 23.2 Å². The standard InChI is InChI=1S/C27H24N4O6/c1-27(2)23(31-25(33)30(26(34)37-31)20-11-7-4-8-12-20)29(19-9-5-3-6-10-19)24(32)28(27)16-18-13-14-21-22(15-18)36-17-35-21/h3-15,23H,16-17H2,1-2H3. The Labute approximate surface area is 211 Å². The van der Waals surface area contributed by atoms with E-state index in [-0.39, 0.29) is 19.4 Å². The number of aromatic nitrogens is 2. The van der Waals surface area contributed by atoms with Crippen LogP contribution < -0.4 is 25.8 Å². The zero-order valence-electron chi connectivity index (χ0n) is 20.2. The lowest BCUT2D eigenvalue weighted by atomic mass is 9.99. The highest BCUT2D eigenvalue weighted by molar-refractivity contribution is 5.95. The Hall–Kier alpha value is -4.73. The fourth-order valence-corrected chi connectivity index (χ4v) is 4.95. The first-order chi connectivity index (χ1) is 17.9. The van der Waals surface area contributed by atoms with Gasteiger partial charge in [0.25, 0.3) is 0 Å². The van der Waals surface area contributed by atoms with Gasteiger partial charge >= 0.3 is 17.5 Å². The molecule has 0 saturated carbocycles. The van der Waals surface area contributed by atoms with Crippen molar-refractivity contribution >= 4 is 11.7 Å². The predicted octanol–water partition coefficient (Wildman–Crippen LogP) is 3.74. The highest BCUT2D eigenvalue weighted by Crippen LogP contribution is 2.43. The first kappa shape index (κ1) is 22.7. The number of hydrogen-bond donors (Lipinski definition) is 0. The second kappa shape index (κ2) is 8.44. The molecule has 1 saturated heterocycles. The lowest BCUT2D eigenvalue weighted by molar-refractivity contribution is 0.0930. The van der Waals surface area contributed by atoms with Crippen molar-refractivity contribution in [3.05, 3.63) is 105 Å². The number of para-hydroxylation sites is 2. The Morgan fingerprint density at radius 2 is 1.49 bits per heavy atom. The minimum Gasteiger partial charge on any atom is -0.454 e. The minimum absolute atomic E-state index is 0.150. The van der Waals surface area contributed by atoms with Gasteiger partial charge in [0.15, 0.2) is 17.7 Å². The van der Waals surface area contributed by atoms with Gasteiger partial charge in [0, 0.05) is 12.2 Å². The molecule has 3 heterocycles. The van der Waals surface area contributed by atoms with Gasteiger partial charge in [-0.15, -0.1) is 4.74 Å². The van der Waals surface area contributed by atoms with E-state index in [0.717, 1.165) is 14.9 Å². The van der Waals surface area contributed by atoms with Crippen molar-refractivity contribution in [2.75, 3.05) is 11.7 Å². The monoisotopic (exact) mass is 500 g/mol. The third-order valence-electron chi connectivity index (χ3n) is 6.80. The summed E-state index contributed by atoms with van der Waals surface area (Å²) < 4.78 is 18.4. The summed E-state index contributed by atoms with van der Waals surface area (Å²) >= 11 is 0. The van der Waals surface area contributed by atoms with Gasteiger partial charge in [-0.3, -0.25) is 4.90 Å². The zero-order chi connectivity index (χ0) is 25.7. The third-order valence-corrected chi connectivity index (χ3v) is 6.80. The number of rotatable bonds is 5. The fraction of sp³-hybridized carbons (Fsp3) is 0.222. The molecule has 0 spiro atoms. The molecule has 0 N–H and O–H groups in total. The first-order valence-electron chi connectivity index (χ1n) is 11.8. The number of fused-ring (bicyclic) bond motifs is 1. The largest absolute Gasteiger partial charge is 0.454 e. The molecular formula is C27H24N4O6. The van der Waals surface area contributed by atoms with Gasteiger partial charge in [0.05, 0.1) is 11.2 Å². The van der Waals surface area contributed by atoms with Crippen molar-refractivity contribution in [3.63, 3.8) is 0 Å². The third kappa shape index (κ3) is 3.60. The summed E-state index contributed by atoms with van der Waals surface area (Å²) in [5.74, 6) is 0.428. The van der Waals surface area contributed by atoms with Crippen LogP contribution in [-0.2, 0) is 6.54 Å². The first-order valence-corrected chi connectivity index (χ1v) is 11.8. The molecule has 1 unspecified atom stereocenters. The van der Waals surface area contributed by atoms with Gasteiger partial charge < -0.3 is 18.9 Å². The van der Waals surface area contributed by atoms with E-state index in [4.69, 9.17) is 14.0 Å². The van der Waals surface area contributed by atoms with E-state index in [2.05, 4.69) is 0 Å². The van der Waals surface area contributed by atoms with Crippen molar-refractivity contribution in [2.24, 2.45) is 0 Å². The number of carbonyl (C=O) groups excluding carboxylic acids is 1. The summed E-state index contributed by atoms with van der Waals surface area (Å²) in [6.07, 6.45) is -0.943. The molecule has 3 aromatic carbocycles. The molecule has 37 heavy (non-hydrogen) atoms. The van der Waals surface area contributed by atoms with Crippen LogP contribution in [0.15, 0.2) is 93.0 Å². The van der Waals surface area contributed by atoms with Gasteiger partial charge in [-0.2, -0.15) is 4.57 Å². The second-order valence-corrected chi connectivity index (χ2v) is 9.43. The van der Waals surface area contributed by atoms with Gasteiger partial charge in [-0.05, 0) is 55.8 Å². The molecule has 1 fully saturated rings. The van der Waals surface area contributed by atoms with Crippen LogP contribution in [-0.4, -0.2) is 32.6 Å². The number of benzene rings is 3. The van der Waals surface area contributed by atoms with Crippen LogP contribution >= 0.6 is 0 Å². The highest BCUT2D eigenvalue weighted by atomic mass is 16.7. The van der Waals surface area contributed by atoms with Crippen LogP contribution in [0.3, 0.4) is 0 Å². The quantitative estimate of drug-likeness (QED) is 0.414. The molecular weight excluding hydrogens is 476 g/mol. The summed E-state index contributed by atoms with van der Waals surface area (Å²) in [6.45, 7) is 4.08. The minimum atomic E-state index is -0.966. The summed E-state index contributed by atoms with van der Waals surface area (Å²) in [7, 11) is 0. The lowest BCUT2D eigenvalue weighted by Gasteiger charge is -2.34. The van der Waals surface area contributed by atoms with E-state index in [1.165, 1.54) is 4.90 Å². The van der Waals surface area contributed by atoms with E-state index in [1.54, 1.807) is 65.6 Å². The maximum absolute atomic E-state index is 14.0. The van der Waals surface area contributed by atoms with E-state index in [0.29, 0.717) is 22.9 Å². The number of urea groups is 1. The maximum atomic E-state index is 14.0. The van der Waals surface area contributed by atoms with E-state index in [9.17, 15) is 14.4 Å². The number of nitrogens with zero attached hydrogens (tertiary/aromatic N) is 4. The fourth-order valence-electron chi connectivity index (χ4n) is 4.95. The number of anilines is 1. The number of carbonyl (C=O) groups is 1. The van der Waals surface area contributed by atoms with Gasteiger partial charge in [0.1, 0.15) is 0 Å². The van der Waals surface area contributed by atoms with Gasteiger partial charge in [-0.1, -0.05) is 42.5 Å². The molecule has 6 rings (SSSR count). The second-order valence-electron chi connectivity index (χ2n) is 9.43. The Balaban J connectivity index is 1.47. The molecule has 10 nitrogen and oxygen atoms in total. The van der Waals surface area contributed by atoms with Gasteiger partial charge in [0.2, 0.25) is 6.79 Å². The number of ether oxygens (including phenoxy) is 2. The molecule has 0 bridgehead atoms. The zero-order valence-corrected chi connectivity index (χ0v) is 20.2. The summed E-state index contributed by atoms with van der Waals surface area (Å²) in [5.41, 5.74) is 0.140. The maximum Gasteiger partial charge on any atom is 0.447 e. The van der Waals surface area contributed by atoms with Crippen molar-refractivity contribution in [3.8, 4) is 17.2 Å². The molecule has 2 aliphatic heterocycles. The Kier molecular flexibility index (Phi) is 5.18. The van der Waals surface area contributed by atoms with Crippen molar-refractivity contribution in [2.45, 2.75) is 32.1 Å². The van der Waals surface area contributed by atoms with Crippen LogP contribution in [0, 0.1) is 0 Å². The Morgan fingerprint density at radius 1 is 0.838 bits per heavy atom. The van der Waals surface area contributed by atoms with Crippen molar-refractivity contribution < 1.29 is 18.8 Å². The topological polar surface area (TPSA) is 99.2 Å². The smallest absolute Gasteiger partial charge is 0.447 e. The molecule has 2 amide bonds. The normalized spacial score (nSPS) is 18.0. The average Bonchev–Trinajstić information content (AvgIpc) is 3.53. The molecule has 1 atom stereocenters. The highest BCUT2D eigenvalue weighted by Gasteiger charge is 2.55. The van der Waals surface area contributed by atoms with Crippen LogP contribution in [0.1, 0.15) is 25.6 Å². The van der Waals surface area contributed by atoms with E-state index >= 15 is 0 Å². The molecule has 0 aliphatic carbocycles. The Morgan fingerprint density at radius 3 is 2.19 bits per heavy atom. The summed E-state index contributed by atoms with van der Waals surface area (Å²) in [4.78, 5) is 43.6. The van der Waals surface area contributed by atoms with Gasteiger partial charge in [-0.25, -0.2) is 14.4 Å². The molecule has 10 heteroatoms. The summed E-state index contributed by atoms with van der Waals surface area (Å²) in [6, 6.07) is 22.7. The van der Waals surface area contributed by atoms with Crippen LogP contribution in [0.2, 0.25) is 0 Å². The lowest BCUT2D eigenvalue weighted by Crippen LogP contribution is -2.46. The molecule has 188 valence electrons. The van der Waals surface area contributed by atoms with Crippen molar-refractivity contribution in [1.82, 2.24) is 14.2 Å². The van der Waals surface area contributed by atoms with Crippen molar-refractivity contribution in [1.29, 1.82) is 0 Å². The SMILES string of the molecule is CC1(C)C(n2oc(=O)n(-c3ccccc3)c2=O)N(c2ccccc2)C(=O)N1Cc1ccc2c(c1)OCO2. The van der Waals surface area contributed by atoms with Crippen LogP contribution in [0.5, 0.6) is 11.5 Å². The predicted molar refractivity (Wildman–Crippen MR) is 134 cm³/mol. The van der Waals surface area contributed by atoms with Crippen LogP contribution in [0.4, 0.5) is 10.5 Å². The molecule has 1 aromatic heterocycles. The average molecular weight is 501 g/mol. The van der Waals surface area contributed by atoms with E-state index in [1.807, 2.05) is 32.0 Å². The summed E-state index contributed by atoms with van der Waals surface area (Å²) in [5, 5.41) is 0. The number of amides is 2. The molecule has 2 aliphatic rings. The number of hydrogen-bond acceptors (Lipinski definition) is 6. The Bertz CT molecular complexity index is 1590. The molecule has 0 radical (unpaired) electrons. The molecule has 4 aromatic rings. The van der Waals surface area contributed by atoms with Crippen LogP contribution in [0.25, 0.3) is 5.69 Å².